The number of hydrogen-bond acceptors (Lipinski definition) is 3. The van der Waals surface area contributed by atoms with Gasteiger partial charge in [-0.1, -0.05) is 12.1 Å². The molecule has 25 heavy (non-hydrogen) atoms. The Morgan fingerprint density at radius 1 is 1.20 bits per heavy atom. The van der Waals surface area contributed by atoms with Crippen LogP contribution in [0.25, 0.3) is 0 Å². The van der Waals surface area contributed by atoms with Gasteiger partial charge in [0.25, 0.3) is 0 Å². The smallest absolute Gasteiger partial charge is 0.356 e. The van der Waals surface area contributed by atoms with Gasteiger partial charge in [0.2, 0.25) is 0 Å². The molecule has 1 N–H and O–H groups in total. The summed E-state index contributed by atoms with van der Waals surface area (Å²) in [5, 5.41) is 3.19. The number of nitrogens with zero attached hydrogens (tertiary/aromatic N) is 3. The number of guanidine groups is 1. The summed E-state index contributed by atoms with van der Waals surface area (Å²) in [6.45, 7) is 0.782. The fourth-order valence-corrected chi connectivity index (χ4v) is 2.81. The molecule has 0 atom stereocenters. The second-order valence-corrected chi connectivity index (χ2v) is 6.76. The maximum atomic E-state index is 12.3. The molecular formula is C17H27F3N4S. The summed E-state index contributed by atoms with van der Waals surface area (Å²) in [6, 6.07) is 8.34. The maximum Gasteiger partial charge on any atom is 0.401 e. The standard InChI is InChI=1S/C17H27F3N4S/c1-21-16(22-10-5-11-23(2)13-17(18,19)20)24(3)12-14-6-8-15(25-4)9-7-14/h6-9H,5,10-13H2,1-4H3,(H,21,22). The Bertz CT molecular complexity index is 532. The normalized spacial score (nSPS) is 12.6. The molecule has 0 radical (unpaired) electrons. The molecule has 0 aliphatic rings. The van der Waals surface area contributed by atoms with Gasteiger partial charge < -0.3 is 10.2 Å². The van der Waals surface area contributed by atoms with Gasteiger partial charge in [-0.2, -0.15) is 13.2 Å². The molecule has 0 saturated heterocycles. The van der Waals surface area contributed by atoms with Gasteiger partial charge in [-0.15, -0.1) is 11.8 Å². The number of hydrogen-bond donors (Lipinski definition) is 1. The van der Waals surface area contributed by atoms with Gasteiger partial charge in [0.15, 0.2) is 5.96 Å². The molecule has 0 bridgehead atoms. The van der Waals surface area contributed by atoms with Crippen molar-refractivity contribution in [3.8, 4) is 0 Å². The lowest BCUT2D eigenvalue weighted by atomic mass is 10.2. The monoisotopic (exact) mass is 376 g/mol. The molecule has 1 rings (SSSR count). The summed E-state index contributed by atoms with van der Waals surface area (Å²) < 4.78 is 36.8. The van der Waals surface area contributed by atoms with E-state index in [-0.39, 0.29) is 0 Å². The molecule has 1 aromatic carbocycles. The first-order chi connectivity index (χ1) is 11.7. The Morgan fingerprint density at radius 3 is 2.36 bits per heavy atom. The number of aliphatic imine (C=N–C) groups is 1. The minimum Gasteiger partial charge on any atom is -0.356 e. The second kappa shape index (κ2) is 10.6. The number of rotatable bonds is 8. The van der Waals surface area contributed by atoms with E-state index in [2.05, 4.69) is 34.6 Å². The highest BCUT2D eigenvalue weighted by Gasteiger charge is 2.28. The number of alkyl halides is 3. The zero-order valence-corrected chi connectivity index (χ0v) is 16.0. The van der Waals surface area contributed by atoms with Crippen LogP contribution in [0.3, 0.4) is 0 Å². The van der Waals surface area contributed by atoms with Crippen molar-refractivity contribution < 1.29 is 13.2 Å². The minimum atomic E-state index is -4.15. The Morgan fingerprint density at radius 2 is 1.84 bits per heavy atom. The van der Waals surface area contributed by atoms with Crippen molar-refractivity contribution in [2.24, 2.45) is 4.99 Å². The van der Waals surface area contributed by atoms with Gasteiger partial charge in [0.05, 0.1) is 6.54 Å². The summed E-state index contributed by atoms with van der Waals surface area (Å²) >= 11 is 1.70. The summed E-state index contributed by atoms with van der Waals surface area (Å²) in [7, 11) is 5.12. The third-order valence-electron chi connectivity index (χ3n) is 3.60. The third-order valence-corrected chi connectivity index (χ3v) is 4.34. The number of benzene rings is 1. The predicted octanol–water partition coefficient (Wildman–Crippen LogP) is 3.30. The van der Waals surface area contributed by atoms with Gasteiger partial charge in [-0.05, 0) is 44.0 Å². The van der Waals surface area contributed by atoms with Gasteiger partial charge in [-0.3, -0.25) is 9.89 Å². The number of halogens is 3. The molecule has 0 aliphatic heterocycles. The Kier molecular flexibility index (Phi) is 9.13. The molecular weight excluding hydrogens is 349 g/mol. The molecule has 0 fully saturated rings. The Hall–Kier alpha value is -1.41. The van der Waals surface area contributed by atoms with E-state index in [1.807, 2.05) is 18.2 Å². The molecule has 0 heterocycles. The number of nitrogens with one attached hydrogen (secondary N) is 1. The minimum absolute atomic E-state index is 0.378. The summed E-state index contributed by atoms with van der Waals surface area (Å²) in [4.78, 5) is 8.72. The quantitative estimate of drug-likeness (QED) is 0.326. The molecule has 0 aliphatic carbocycles. The Labute approximate surface area is 152 Å². The van der Waals surface area contributed by atoms with Crippen LogP contribution in [0, 0.1) is 0 Å². The molecule has 1 aromatic rings. The fraction of sp³-hybridized carbons (Fsp3) is 0.588. The van der Waals surface area contributed by atoms with E-state index in [1.165, 1.54) is 22.4 Å². The van der Waals surface area contributed by atoms with Crippen molar-refractivity contribution in [2.45, 2.75) is 24.0 Å². The first kappa shape index (κ1) is 21.6. The first-order valence-electron chi connectivity index (χ1n) is 8.05. The van der Waals surface area contributed by atoms with Crippen molar-refractivity contribution in [1.82, 2.24) is 15.1 Å². The zero-order valence-electron chi connectivity index (χ0n) is 15.2. The highest BCUT2D eigenvalue weighted by molar-refractivity contribution is 7.98. The lowest BCUT2D eigenvalue weighted by Gasteiger charge is -2.23. The molecule has 8 heteroatoms. The lowest BCUT2D eigenvalue weighted by Crippen LogP contribution is -2.40. The van der Waals surface area contributed by atoms with Crippen LogP contribution in [-0.4, -0.2) is 69.0 Å². The molecule has 0 saturated carbocycles. The number of thioether (sulfide) groups is 1. The summed E-state index contributed by atoms with van der Waals surface area (Å²) in [5.41, 5.74) is 1.17. The first-order valence-corrected chi connectivity index (χ1v) is 9.27. The van der Waals surface area contributed by atoms with Crippen LogP contribution in [0.4, 0.5) is 13.2 Å². The van der Waals surface area contributed by atoms with Crippen molar-refractivity contribution in [3.05, 3.63) is 29.8 Å². The van der Waals surface area contributed by atoms with E-state index in [9.17, 15) is 13.2 Å². The SMILES string of the molecule is CN=C(NCCCN(C)CC(F)(F)F)N(C)Cc1ccc(SC)cc1. The van der Waals surface area contributed by atoms with Crippen LogP contribution in [-0.2, 0) is 6.54 Å². The molecule has 0 amide bonds. The molecule has 4 nitrogen and oxygen atoms in total. The predicted molar refractivity (Wildman–Crippen MR) is 99.2 cm³/mol. The largest absolute Gasteiger partial charge is 0.401 e. The van der Waals surface area contributed by atoms with Crippen LogP contribution in [0.15, 0.2) is 34.2 Å². The molecule has 142 valence electrons. The van der Waals surface area contributed by atoms with Gasteiger partial charge in [0.1, 0.15) is 0 Å². The highest BCUT2D eigenvalue weighted by Crippen LogP contribution is 2.16. The topological polar surface area (TPSA) is 30.9 Å². The van der Waals surface area contributed by atoms with Gasteiger partial charge in [-0.25, -0.2) is 0 Å². The van der Waals surface area contributed by atoms with E-state index < -0.39 is 12.7 Å². The van der Waals surface area contributed by atoms with Crippen LogP contribution >= 0.6 is 11.8 Å². The van der Waals surface area contributed by atoms with Crippen molar-refractivity contribution in [1.29, 1.82) is 0 Å². The van der Waals surface area contributed by atoms with E-state index in [4.69, 9.17) is 0 Å². The van der Waals surface area contributed by atoms with Crippen LogP contribution in [0.2, 0.25) is 0 Å². The molecule has 0 unspecified atom stereocenters. The third kappa shape index (κ3) is 9.02. The highest BCUT2D eigenvalue weighted by atomic mass is 32.2. The van der Waals surface area contributed by atoms with E-state index in [0.29, 0.717) is 26.1 Å². The lowest BCUT2D eigenvalue weighted by molar-refractivity contribution is -0.143. The zero-order chi connectivity index (χ0) is 18.9. The van der Waals surface area contributed by atoms with Gasteiger partial charge in [0, 0.05) is 32.1 Å². The van der Waals surface area contributed by atoms with Crippen molar-refractivity contribution in [3.63, 3.8) is 0 Å². The summed E-state index contributed by atoms with van der Waals surface area (Å²) in [5.74, 6) is 0.729. The fourth-order valence-electron chi connectivity index (χ4n) is 2.40. The molecule has 0 aromatic heterocycles. The summed E-state index contributed by atoms with van der Waals surface area (Å²) in [6.07, 6.45) is -1.49. The van der Waals surface area contributed by atoms with Gasteiger partial charge >= 0.3 is 6.18 Å². The van der Waals surface area contributed by atoms with Crippen LogP contribution in [0.5, 0.6) is 0 Å². The maximum absolute atomic E-state index is 12.3. The van der Waals surface area contributed by atoms with Crippen LogP contribution in [0.1, 0.15) is 12.0 Å². The van der Waals surface area contributed by atoms with Crippen molar-refractivity contribution >= 4 is 17.7 Å². The Balaban J connectivity index is 2.37. The van der Waals surface area contributed by atoms with Crippen LogP contribution < -0.4 is 5.32 Å². The second-order valence-electron chi connectivity index (χ2n) is 5.88. The average Bonchev–Trinajstić information content (AvgIpc) is 2.53. The average molecular weight is 376 g/mol. The van der Waals surface area contributed by atoms with E-state index >= 15 is 0 Å². The van der Waals surface area contributed by atoms with Crippen molar-refractivity contribution in [2.75, 3.05) is 47.0 Å². The molecule has 0 spiro atoms. The van der Waals surface area contributed by atoms with E-state index in [0.717, 1.165) is 5.96 Å². The van der Waals surface area contributed by atoms with E-state index in [1.54, 1.807) is 18.8 Å².